The van der Waals surface area contributed by atoms with Crippen LogP contribution in [-0.2, 0) is 17.8 Å². The van der Waals surface area contributed by atoms with Crippen LogP contribution in [0.25, 0.3) is 11.4 Å². The van der Waals surface area contributed by atoms with Gasteiger partial charge in [0.15, 0.2) is 0 Å². The topological polar surface area (TPSA) is 85.3 Å². The van der Waals surface area contributed by atoms with Crippen LogP contribution in [0.4, 0.5) is 0 Å². The van der Waals surface area contributed by atoms with E-state index in [1.54, 1.807) is 17.3 Å². The van der Waals surface area contributed by atoms with E-state index in [0.717, 1.165) is 17.1 Å². The molecule has 1 amide bonds. The standard InChI is InChI=1S/C19H22N4O3/c1-13(2)23(12-16-7-6-14(3)25-16)18(24)9-8-17-21-19(22-26-17)15-5-4-10-20-11-15/h4-7,10-11,13H,8-9,12H2,1-3H3. The van der Waals surface area contributed by atoms with Crippen LogP contribution in [0, 0.1) is 6.92 Å². The largest absolute Gasteiger partial charge is 0.464 e. The van der Waals surface area contributed by atoms with E-state index in [4.69, 9.17) is 8.94 Å². The van der Waals surface area contributed by atoms with Gasteiger partial charge < -0.3 is 13.8 Å². The van der Waals surface area contributed by atoms with Crippen molar-refractivity contribution in [3.05, 3.63) is 54.1 Å². The Morgan fingerprint density at radius 3 is 2.77 bits per heavy atom. The summed E-state index contributed by atoms with van der Waals surface area (Å²) in [7, 11) is 0. The molecule has 3 rings (SSSR count). The highest BCUT2D eigenvalue weighted by Crippen LogP contribution is 2.16. The molecule has 0 saturated heterocycles. The van der Waals surface area contributed by atoms with Gasteiger partial charge in [-0.3, -0.25) is 9.78 Å². The molecule has 136 valence electrons. The summed E-state index contributed by atoms with van der Waals surface area (Å²) in [6.07, 6.45) is 4.05. The molecule has 7 nitrogen and oxygen atoms in total. The highest BCUT2D eigenvalue weighted by molar-refractivity contribution is 5.76. The Kier molecular flexibility index (Phi) is 5.46. The molecule has 0 aliphatic rings. The van der Waals surface area contributed by atoms with Crippen molar-refractivity contribution in [3.8, 4) is 11.4 Å². The average Bonchev–Trinajstić information content (AvgIpc) is 3.27. The molecule has 3 aromatic rings. The molecule has 0 saturated carbocycles. The third kappa shape index (κ3) is 4.36. The molecular weight excluding hydrogens is 332 g/mol. The van der Waals surface area contributed by atoms with Gasteiger partial charge in [-0.1, -0.05) is 5.16 Å². The van der Waals surface area contributed by atoms with Gasteiger partial charge in [0.05, 0.1) is 6.54 Å². The molecule has 0 aliphatic carbocycles. The van der Waals surface area contributed by atoms with Gasteiger partial charge in [0.1, 0.15) is 11.5 Å². The van der Waals surface area contributed by atoms with Crippen LogP contribution in [0.15, 0.2) is 45.6 Å². The first kappa shape index (κ1) is 17.8. The first-order valence-corrected chi connectivity index (χ1v) is 8.60. The van der Waals surface area contributed by atoms with Gasteiger partial charge in [-0.25, -0.2) is 0 Å². The zero-order valence-electron chi connectivity index (χ0n) is 15.2. The van der Waals surface area contributed by atoms with Crippen LogP contribution in [0.2, 0.25) is 0 Å². The number of aromatic nitrogens is 3. The number of hydrogen-bond acceptors (Lipinski definition) is 6. The summed E-state index contributed by atoms with van der Waals surface area (Å²) in [6, 6.07) is 7.54. The Morgan fingerprint density at radius 2 is 2.12 bits per heavy atom. The number of carbonyl (C=O) groups is 1. The minimum absolute atomic E-state index is 0.0233. The lowest BCUT2D eigenvalue weighted by Gasteiger charge is -2.25. The number of rotatable bonds is 7. The molecule has 0 unspecified atom stereocenters. The zero-order chi connectivity index (χ0) is 18.5. The third-order valence-electron chi connectivity index (χ3n) is 4.01. The number of aryl methyl sites for hydroxylation is 2. The molecule has 3 aromatic heterocycles. The van der Waals surface area contributed by atoms with Gasteiger partial charge in [-0.15, -0.1) is 0 Å². The first-order valence-electron chi connectivity index (χ1n) is 8.60. The molecule has 0 aromatic carbocycles. The highest BCUT2D eigenvalue weighted by Gasteiger charge is 2.20. The van der Waals surface area contributed by atoms with E-state index in [1.165, 1.54) is 0 Å². The van der Waals surface area contributed by atoms with Crippen LogP contribution in [0.5, 0.6) is 0 Å². The van der Waals surface area contributed by atoms with E-state index < -0.39 is 0 Å². The molecule has 0 bridgehead atoms. The molecular formula is C19H22N4O3. The quantitative estimate of drug-likeness (QED) is 0.646. The normalized spacial score (nSPS) is 11.1. The van der Waals surface area contributed by atoms with Gasteiger partial charge in [-0.05, 0) is 45.0 Å². The monoisotopic (exact) mass is 354 g/mol. The van der Waals surface area contributed by atoms with Crippen LogP contribution in [-0.4, -0.2) is 32.0 Å². The van der Waals surface area contributed by atoms with E-state index in [9.17, 15) is 4.79 Å². The molecule has 0 radical (unpaired) electrons. The van der Waals surface area contributed by atoms with Crippen molar-refractivity contribution in [2.45, 2.75) is 46.2 Å². The molecule has 0 fully saturated rings. The summed E-state index contributed by atoms with van der Waals surface area (Å²) in [5.41, 5.74) is 0.783. The predicted molar refractivity (Wildman–Crippen MR) is 95.0 cm³/mol. The van der Waals surface area contributed by atoms with E-state index in [0.29, 0.717) is 31.1 Å². The van der Waals surface area contributed by atoms with Crippen LogP contribution < -0.4 is 0 Å². The Balaban J connectivity index is 1.60. The molecule has 0 atom stereocenters. The summed E-state index contributed by atoms with van der Waals surface area (Å²) in [4.78, 5) is 22.8. The second-order valence-corrected chi connectivity index (χ2v) is 6.38. The second kappa shape index (κ2) is 7.95. The van der Waals surface area contributed by atoms with Crippen molar-refractivity contribution in [2.75, 3.05) is 0 Å². The number of carbonyl (C=O) groups excluding carboxylic acids is 1. The van der Waals surface area contributed by atoms with Crippen molar-refractivity contribution in [1.29, 1.82) is 0 Å². The summed E-state index contributed by atoms with van der Waals surface area (Å²) in [6.45, 7) is 6.32. The Bertz CT molecular complexity index is 855. The van der Waals surface area contributed by atoms with E-state index in [2.05, 4.69) is 15.1 Å². The van der Waals surface area contributed by atoms with Crippen molar-refractivity contribution in [3.63, 3.8) is 0 Å². The Morgan fingerprint density at radius 1 is 1.27 bits per heavy atom. The van der Waals surface area contributed by atoms with Crippen molar-refractivity contribution in [1.82, 2.24) is 20.0 Å². The molecule has 0 aliphatic heterocycles. The summed E-state index contributed by atoms with van der Waals surface area (Å²) < 4.78 is 10.8. The number of furan rings is 1. The smallest absolute Gasteiger partial charge is 0.227 e. The lowest BCUT2D eigenvalue weighted by atomic mass is 10.2. The molecule has 26 heavy (non-hydrogen) atoms. The maximum atomic E-state index is 12.6. The Hall–Kier alpha value is -2.96. The summed E-state index contributed by atoms with van der Waals surface area (Å²) >= 11 is 0. The maximum Gasteiger partial charge on any atom is 0.227 e. The van der Waals surface area contributed by atoms with Crippen molar-refractivity contribution >= 4 is 5.91 Å². The predicted octanol–water partition coefficient (Wildman–Crippen LogP) is 3.40. The lowest BCUT2D eigenvalue weighted by molar-refractivity contribution is -0.133. The van der Waals surface area contributed by atoms with E-state index >= 15 is 0 Å². The lowest BCUT2D eigenvalue weighted by Crippen LogP contribution is -2.36. The second-order valence-electron chi connectivity index (χ2n) is 6.38. The van der Waals surface area contributed by atoms with Crippen LogP contribution >= 0.6 is 0 Å². The number of nitrogens with zero attached hydrogens (tertiary/aromatic N) is 4. The Labute approximate surface area is 152 Å². The average molecular weight is 354 g/mol. The molecule has 3 heterocycles. The highest BCUT2D eigenvalue weighted by atomic mass is 16.5. The van der Waals surface area contributed by atoms with Crippen LogP contribution in [0.1, 0.15) is 37.7 Å². The van der Waals surface area contributed by atoms with E-state index in [1.807, 2.05) is 45.0 Å². The number of amides is 1. The zero-order valence-corrected chi connectivity index (χ0v) is 15.2. The fraction of sp³-hybridized carbons (Fsp3) is 0.368. The SMILES string of the molecule is Cc1ccc(CN(C(=O)CCc2nc(-c3cccnc3)no2)C(C)C)o1. The van der Waals surface area contributed by atoms with Gasteiger partial charge in [0, 0.05) is 36.8 Å². The number of pyridine rings is 1. The third-order valence-corrected chi connectivity index (χ3v) is 4.01. The first-order chi connectivity index (χ1) is 12.5. The summed E-state index contributed by atoms with van der Waals surface area (Å²) in [5, 5.41) is 3.95. The molecule has 0 spiro atoms. The minimum Gasteiger partial charge on any atom is -0.464 e. The van der Waals surface area contributed by atoms with Gasteiger partial charge in [0.2, 0.25) is 17.6 Å². The fourth-order valence-corrected chi connectivity index (χ4v) is 2.62. The van der Waals surface area contributed by atoms with Crippen LogP contribution in [0.3, 0.4) is 0 Å². The number of hydrogen-bond donors (Lipinski definition) is 0. The summed E-state index contributed by atoms with van der Waals surface area (Å²) in [5.74, 6) is 2.56. The van der Waals surface area contributed by atoms with Crippen molar-refractivity contribution in [2.24, 2.45) is 0 Å². The molecule has 7 heteroatoms. The fourth-order valence-electron chi connectivity index (χ4n) is 2.62. The minimum atomic E-state index is 0.0233. The van der Waals surface area contributed by atoms with Gasteiger partial charge in [0.25, 0.3) is 0 Å². The van der Waals surface area contributed by atoms with E-state index in [-0.39, 0.29) is 11.9 Å². The maximum absolute atomic E-state index is 12.6. The molecule has 0 N–H and O–H groups in total. The van der Waals surface area contributed by atoms with Gasteiger partial charge >= 0.3 is 0 Å². The van der Waals surface area contributed by atoms with Gasteiger partial charge in [-0.2, -0.15) is 4.98 Å². The van der Waals surface area contributed by atoms with Crippen molar-refractivity contribution < 1.29 is 13.7 Å².